The summed E-state index contributed by atoms with van der Waals surface area (Å²) in [6.45, 7) is 4.93. The number of halogens is 2. The van der Waals surface area contributed by atoms with Gasteiger partial charge in [0, 0.05) is 29.6 Å². The van der Waals surface area contributed by atoms with Crippen LogP contribution in [0.2, 0.25) is 0 Å². The average molecular weight is 423 g/mol. The first-order chi connectivity index (χ1) is 14.0. The van der Waals surface area contributed by atoms with Crippen LogP contribution in [-0.2, 0) is 0 Å². The van der Waals surface area contributed by atoms with Gasteiger partial charge in [-0.2, -0.15) is 8.78 Å². The van der Waals surface area contributed by atoms with E-state index in [1.54, 1.807) is 22.8 Å². The molecule has 164 valence electrons. The number of aliphatic hydroxyl groups excluding tert-OH is 1. The third kappa shape index (κ3) is 5.46. The first kappa shape index (κ1) is 23.6. The number of aromatic nitrogens is 1. The zero-order chi connectivity index (χ0) is 22.6. The highest BCUT2D eigenvalue weighted by Crippen LogP contribution is 2.35. The minimum atomic E-state index is -3.03. The summed E-state index contributed by atoms with van der Waals surface area (Å²) in [6.07, 6.45) is 2.63. The molecule has 0 saturated carbocycles. The molecular formula is C22H27F2NO5. The maximum atomic E-state index is 12.9. The fraction of sp³-hybridized carbons (Fsp3) is 0.409. The molecular weight excluding hydrogens is 396 g/mol. The molecule has 0 saturated heterocycles. The zero-order valence-corrected chi connectivity index (χ0v) is 17.6. The summed E-state index contributed by atoms with van der Waals surface area (Å²) in [7, 11) is 1.35. The highest BCUT2D eigenvalue weighted by molar-refractivity contribution is 5.73. The lowest BCUT2D eigenvalue weighted by molar-refractivity contribution is -0.0514. The van der Waals surface area contributed by atoms with Crippen molar-refractivity contribution in [1.82, 2.24) is 4.57 Å². The van der Waals surface area contributed by atoms with E-state index in [2.05, 4.69) is 4.74 Å². The Bertz CT molecular complexity index is 961. The van der Waals surface area contributed by atoms with Gasteiger partial charge in [0.2, 0.25) is 0 Å². The molecule has 1 aromatic carbocycles. The maximum Gasteiger partial charge on any atom is 0.387 e. The molecule has 0 amide bonds. The Hall–Kier alpha value is -2.71. The van der Waals surface area contributed by atoms with Gasteiger partial charge in [-0.15, -0.1) is 0 Å². The largest absolute Gasteiger partial charge is 0.493 e. The summed E-state index contributed by atoms with van der Waals surface area (Å²) in [5.41, 5.74) is -0.0982. The predicted molar refractivity (Wildman–Crippen MR) is 111 cm³/mol. The number of hydrogen-bond acceptors (Lipinski definition) is 5. The molecule has 0 fully saturated rings. The Kier molecular flexibility index (Phi) is 7.39. The van der Waals surface area contributed by atoms with Gasteiger partial charge < -0.3 is 24.3 Å². The van der Waals surface area contributed by atoms with Gasteiger partial charge in [-0.05, 0) is 30.6 Å². The fourth-order valence-electron chi connectivity index (χ4n) is 2.88. The monoisotopic (exact) mass is 423 g/mol. The first-order valence-corrected chi connectivity index (χ1v) is 9.37. The van der Waals surface area contributed by atoms with Crippen LogP contribution in [0.3, 0.4) is 0 Å². The van der Waals surface area contributed by atoms with E-state index in [1.807, 2.05) is 27.7 Å². The van der Waals surface area contributed by atoms with Crippen molar-refractivity contribution < 1.29 is 28.5 Å². The molecule has 1 heterocycles. The topological polar surface area (TPSA) is 80.9 Å². The number of ether oxygens (including phenoxy) is 2. The third-order valence-corrected chi connectivity index (χ3v) is 4.96. The summed E-state index contributed by atoms with van der Waals surface area (Å²) in [5.74, 6) is 0.0306. The number of aliphatic hydroxyl groups is 2. The fourth-order valence-corrected chi connectivity index (χ4v) is 2.88. The van der Waals surface area contributed by atoms with E-state index in [0.717, 1.165) is 0 Å². The van der Waals surface area contributed by atoms with Crippen molar-refractivity contribution in [1.29, 1.82) is 0 Å². The summed E-state index contributed by atoms with van der Waals surface area (Å²) < 4.78 is 37.2. The molecule has 2 aromatic rings. The number of hydrogen-bond donors (Lipinski definition) is 2. The van der Waals surface area contributed by atoms with Crippen LogP contribution in [0.25, 0.3) is 12.2 Å². The number of pyridine rings is 1. The molecule has 2 rings (SSSR count). The van der Waals surface area contributed by atoms with Crippen LogP contribution in [0, 0.1) is 5.41 Å². The maximum absolute atomic E-state index is 12.9. The van der Waals surface area contributed by atoms with E-state index < -0.39 is 18.3 Å². The number of alkyl halides is 2. The Morgan fingerprint density at radius 1 is 1.17 bits per heavy atom. The molecule has 30 heavy (non-hydrogen) atoms. The lowest BCUT2D eigenvalue weighted by atomic mass is 9.87. The van der Waals surface area contributed by atoms with E-state index in [1.165, 1.54) is 31.5 Å². The van der Waals surface area contributed by atoms with E-state index >= 15 is 0 Å². The molecule has 1 unspecified atom stereocenters. The van der Waals surface area contributed by atoms with Crippen molar-refractivity contribution in [3.63, 3.8) is 0 Å². The molecule has 0 aliphatic rings. The van der Waals surface area contributed by atoms with Crippen molar-refractivity contribution in [3.05, 3.63) is 57.5 Å². The molecule has 2 N–H and O–H groups in total. The minimum absolute atomic E-state index is 0.119. The Balaban J connectivity index is 2.61. The second-order valence-electron chi connectivity index (χ2n) is 7.93. The van der Waals surface area contributed by atoms with E-state index in [0.29, 0.717) is 11.3 Å². The predicted octanol–water partition coefficient (Wildman–Crippen LogP) is 4.22. The molecule has 0 bridgehead atoms. The quantitative estimate of drug-likeness (QED) is 0.652. The van der Waals surface area contributed by atoms with Crippen molar-refractivity contribution in [2.75, 3.05) is 7.11 Å². The zero-order valence-electron chi connectivity index (χ0n) is 17.6. The van der Waals surface area contributed by atoms with Crippen LogP contribution in [-0.4, -0.2) is 28.5 Å². The van der Waals surface area contributed by atoms with Crippen molar-refractivity contribution in [2.45, 2.75) is 46.6 Å². The van der Waals surface area contributed by atoms with Gasteiger partial charge in [0.1, 0.15) is 0 Å². The van der Waals surface area contributed by atoms with Crippen LogP contribution in [0.1, 0.15) is 56.8 Å². The number of methoxy groups -OCH3 is 1. The third-order valence-electron chi connectivity index (χ3n) is 4.96. The van der Waals surface area contributed by atoms with Crippen LogP contribution in [0.5, 0.6) is 11.5 Å². The summed E-state index contributed by atoms with van der Waals surface area (Å²) in [5, 5.41) is 19.0. The van der Waals surface area contributed by atoms with Crippen LogP contribution in [0.15, 0.2) is 35.3 Å². The van der Waals surface area contributed by atoms with Crippen LogP contribution in [0.4, 0.5) is 8.78 Å². The normalized spacial score (nSPS) is 13.3. The first-order valence-electron chi connectivity index (χ1n) is 9.37. The van der Waals surface area contributed by atoms with E-state index in [-0.39, 0.29) is 28.5 Å². The second-order valence-corrected chi connectivity index (χ2v) is 7.93. The lowest BCUT2D eigenvalue weighted by Gasteiger charge is -2.31. The van der Waals surface area contributed by atoms with Gasteiger partial charge in [-0.3, -0.25) is 4.79 Å². The summed E-state index contributed by atoms with van der Waals surface area (Å²) in [6, 6.07) is 5.87. The Morgan fingerprint density at radius 2 is 1.83 bits per heavy atom. The molecule has 1 aromatic heterocycles. The van der Waals surface area contributed by atoms with Gasteiger partial charge >= 0.3 is 6.61 Å². The number of benzene rings is 1. The number of rotatable bonds is 7. The van der Waals surface area contributed by atoms with Gasteiger partial charge in [-0.25, -0.2) is 0 Å². The molecule has 6 nitrogen and oxygen atoms in total. The highest BCUT2D eigenvalue weighted by atomic mass is 19.3. The summed E-state index contributed by atoms with van der Waals surface area (Å²) >= 11 is 0. The molecule has 8 heteroatoms. The Labute approximate surface area is 174 Å². The average Bonchev–Trinajstić information content (AvgIpc) is 2.65. The van der Waals surface area contributed by atoms with Gasteiger partial charge in [-0.1, -0.05) is 32.9 Å². The molecule has 0 radical (unpaired) electrons. The van der Waals surface area contributed by atoms with Gasteiger partial charge in [0.05, 0.1) is 12.7 Å². The van der Waals surface area contributed by atoms with Crippen LogP contribution >= 0.6 is 0 Å². The van der Waals surface area contributed by atoms with Gasteiger partial charge in [0.15, 0.2) is 23.2 Å². The standard InChI is InChI=1S/C22H27F2NO5/c1-13(22(2,3)4)25-12-16(20(27)28)17(26)11-15(25)10-9-14-7-6-8-18(29-5)19(14)30-21(23)24/h6-13,20-21,27-28H,1-5H3/b10-9+. The van der Waals surface area contributed by atoms with Crippen molar-refractivity contribution in [2.24, 2.45) is 5.41 Å². The lowest BCUT2D eigenvalue weighted by Crippen LogP contribution is -2.26. The second kappa shape index (κ2) is 9.40. The molecule has 0 aliphatic carbocycles. The molecule has 0 aliphatic heterocycles. The molecule has 1 atom stereocenters. The number of para-hydroxylation sites is 1. The Morgan fingerprint density at radius 3 is 2.37 bits per heavy atom. The van der Waals surface area contributed by atoms with Crippen molar-refractivity contribution in [3.8, 4) is 11.5 Å². The summed E-state index contributed by atoms with van der Waals surface area (Å²) in [4.78, 5) is 12.3. The van der Waals surface area contributed by atoms with E-state index in [9.17, 15) is 23.8 Å². The molecule has 0 spiro atoms. The smallest absolute Gasteiger partial charge is 0.387 e. The van der Waals surface area contributed by atoms with E-state index in [4.69, 9.17) is 4.74 Å². The van der Waals surface area contributed by atoms with Crippen LogP contribution < -0.4 is 14.9 Å². The minimum Gasteiger partial charge on any atom is -0.493 e. The number of nitrogens with zero attached hydrogens (tertiary/aromatic N) is 1. The van der Waals surface area contributed by atoms with Crippen molar-refractivity contribution >= 4 is 12.2 Å². The highest BCUT2D eigenvalue weighted by Gasteiger charge is 2.24. The van der Waals surface area contributed by atoms with Gasteiger partial charge in [0.25, 0.3) is 0 Å². The SMILES string of the molecule is COc1cccc(/C=C/c2cc(=O)c(C(O)O)cn2C(C)C(C)(C)C)c1OC(F)F.